The third-order valence-corrected chi connectivity index (χ3v) is 4.74. The van der Waals surface area contributed by atoms with Gasteiger partial charge in [-0.15, -0.1) is 0 Å². The molecule has 2 aromatic rings. The van der Waals surface area contributed by atoms with Crippen LogP contribution in [0, 0.1) is 25.3 Å². The van der Waals surface area contributed by atoms with Crippen molar-refractivity contribution in [1.29, 1.82) is 0 Å². The normalized spacial score (nSPS) is 12.6. The van der Waals surface area contributed by atoms with Gasteiger partial charge in [0.05, 0.1) is 10.5 Å². The highest BCUT2D eigenvalue weighted by Gasteiger charge is 2.73. The fraction of sp³-hybridized carbons (Fsp3) is 0.188. The summed E-state index contributed by atoms with van der Waals surface area (Å²) >= 11 is 1.55. The van der Waals surface area contributed by atoms with Gasteiger partial charge in [-0.05, 0) is 40.8 Å². The van der Waals surface area contributed by atoms with E-state index in [1.54, 1.807) is 27.9 Å². The fourth-order valence-electron chi connectivity index (χ4n) is 2.21. The zero-order valence-electron chi connectivity index (χ0n) is 14.3. The Hall–Kier alpha value is -2.59. The number of nitrogens with one attached hydrogen (secondary N) is 1. The number of nitro groups is 1. The minimum Gasteiger partial charge on any atom is -0.317 e. The first kappa shape index (κ1) is 24.7. The smallest absolute Gasteiger partial charge is 0.317 e. The standard InChI is InChI=1S/C16H6F9IN2O3/c17-9-3-6(14(19,20)15(21,22)16(23,24)25)4-10(18)12(9)27-13(29)8-5-7(28(30)31)1-2-11(8)26/h1-5H,(H,27,29). The van der Waals surface area contributed by atoms with Crippen LogP contribution in [-0.2, 0) is 5.92 Å². The van der Waals surface area contributed by atoms with Crippen LogP contribution in [0.1, 0.15) is 15.9 Å². The molecule has 0 aliphatic rings. The van der Waals surface area contributed by atoms with Gasteiger partial charge in [0, 0.05) is 21.3 Å². The van der Waals surface area contributed by atoms with Crippen LogP contribution in [0.15, 0.2) is 30.3 Å². The Labute approximate surface area is 179 Å². The molecule has 168 valence electrons. The summed E-state index contributed by atoms with van der Waals surface area (Å²) in [5.41, 5.74) is -4.79. The molecule has 0 saturated carbocycles. The lowest BCUT2D eigenvalue weighted by molar-refractivity contribution is -0.384. The fourth-order valence-corrected chi connectivity index (χ4v) is 2.80. The van der Waals surface area contributed by atoms with Crippen LogP contribution < -0.4 is 5.32 Å². The predicted octanol–water partition coefficient (Wildman–Crippen LogP) is 6.02. The molecule has 0 radical (unpaired) electrons. The average molecular weight is 572 g/mol. The number of halogens is 10. The molecule has 0 fully saturated rings. The van der Waals surface area contributed by atoms with E-state index < -0.39 is 75.1 Å². The van der Waals surface area contributed by atoms with Gasteiger partial charge in [0.2, 0.25) is 0 Å². The molecule has 0 atom stereocenters. The van der Waals surface area contributed by atoms with Gasteiger partial charge in [0.25, 0.3) is 11.6 Å². The maximum atomic E-state index is 14.1. The second-order valence-corrected chi connectivity index (χ2v) is 7.00. The molecule has 2 rings (SSSR count). The number of alkyl halides is 7. The first-order valence-corrected chi connectivity index (χ1v) is 8.65. The van der Waals surface area contributed by atoms with Crippen molar-refractivity contribution in [2.45, 2.75) is 18.0 Å². The molecule has 0 saturated heterocycles. The second-order valence-electron chi connectivity index (χ2n) is 5.84. The van der Waals surface area contributed by atoms with Crippen molar-refractivity contribution < 1.29 is 49.2 Å². The van der Waals surface area contributed by atoms with Gasteiger partial charge in [-0.3, -0.25) is 14.9 Å². The number of nitro benzene ring substituents is 1. The number of hydrogen-bond donors (Lipinski definition) is 1. The number of nitrogens with zero attached hydrogens (tertiary/aromatic N) is 1. The SMILES string of the molecule is O=C(Nc1c(F)cc(C(F)(F)C(F)(F)C(F)(F)F)cc1F)c1cc([N+](=O)[O-])ccc1I. The van der Waals surface area contributed by atoms with E-state index in [1.165, 1.54) is 0 Å². The molecule has 1 amide bonds. The molecule has 2 aromatic carbocycles. The third kappa shape index (κ3) is 4.54. The molecule has 1 N–H and O–H groups in total. The lowest BCUT2D eigenvalue weighted by atomic mass is 10.0. The molecular weight excluding hydrogens is 566 g/mol. The topological polar surface area (TPSA) is 72.2 Å². The van der Waals surface area contributed by atoms with Gasteiger partial charge in [-0.2, -0.15) is 30.7 Å². The molecule has 0 bridgehead atoms. The largest absolute Gasteiger partial charge is 0.460 e. The molecule has 0 heterocycles. The van der Waals surface area contributed by atoms with Crippen LogP contribution >= 0.6 is 22.6 Å². The minimum absolute atomic E-state index is 0.0782. The number of rotatable bonds is 5. The van der Waals surface area contributed by atoms with Crippen LogP contribution in [0.25, 0.3) is 0 Å². The summed E-state index contributed by atoms with van der Waals surface area (Å²) in [6.07, 6.45) is -6.73. The molecule has 0 aliphatic carbocycles. The molecule has 0 spiro atoms. The van der Waals surface area contributed by atoms with Gasteiger partial charge in [0.15, 0.2) is 0 Å². The van der Waals surface area contributed by atoms with Gasteiger partial charge >= 0.3 is 18.0 Å². The summed E-state index contributed by atoms with van der Waals surface area (Å²) in [4.78, 5) is 22.1. The highest BCUT2D eigenvalue weighted by molar-refractivity contribution is 14.1. The summed E-state index contributed by atoms with van der Waals surface area (Å²) in [6.45, 7) is 0. The van der Waals surface area contributed by atoms with E-state index in [1.807, 2.05) is 0 Å². The Morgan fingerprint density at radius 1 is 0.968 bits per heavy atom. The van der Waals surface area contributed by atoms with Crippen molar-refractivity contribution in [3.63, 3.8) is 0 Å². The van der Waals surface area contributed by atoms with Crippen LogP contribution in [0.4, 0.5) is 50.9 Å². The van der Waals surface area contributed by atoms with Crippen molar-refractivity contribution >= 4 is 39.9 Å². The molecule has 5 nitrogen and oxygen atoms in total. The zero-order chi connectivity index (χ0) is 23.9. The molecule has 15 heteroatoms. The first-order valence-electron chi connectivity index (χ1n) is 7.58. The maximum Gasteiger partial charge on any atom is 0.460 e. The van der Waals surface area contributed by atoms with Gasteiger partial charge in [0.1, 0.15) is 17.3 Å². The van der Waals surface area contributed by atoms with E-state index in [0.29, 0.717) is 0 Å². The van der Waals surface area contributed by atoms with Gasteiger partial charge < -0.3 is 5.32 Å². The lowest BCUT2D eigenvalue weighted by Gasteiger charge is -2.28. The van der Waals surface area contributed by atoms with E-state index in [4.69, 9.17) is 0 Å². The number of benzene rings is 2. The average Bonchev–Trinajstić information content (AvgIpc) is 2.63. The molecule has 0 aliphatic heterocycles. The number of non-ortho nitro benzene ring substituents is 1. The van der Waals surface area contributed by atoms with Crippen molar-refractivity contribution in [3.05, 3.63) is 66.8 Å². The third-order valence-electron chi connectivity index (χ3n) is 3.80. The second kappa shape index (κ2) is 8.16. The highest BCUT2D eigenvalue weighted by Crippen LogP contribution is 2.52. The lowest BCUT2D eigenvalue weighted by Crippen LogP contribution is -2.50. The summed E-state index contributed by atoms with van der Waals surface area (Å²) in [5, 5.41) is 12.4. The van der Waals surface area contributed by atoms with E-state index in [2.05, 4.69) is 0 Å². The molecular formula is C16H6F9IN2O3. The summed E-state index contributed by atoms with van der Waals surface area (Å²) < 4.78 is 119. The van der Waals surface area contributed by atoms with E-state index in [-0.39, 0.29) is 3.57 Å². The highest BCUT2D eigenvalue weighted by atomic mass is 127. The van der Waals surface area contributed by atoms with Crippen LogP contribution in [0.5, 0.6) is 0 Å². The number of hydrogen-bond acceptors (Lipinski definition) is 3. The van der Waals surface area contributed by atoms with Crippen molar-refractivity contribution in [1.82, 2.24) is 0 Å². The molecule has 0 aromatic heterocycles. The number of amides is 1. The Morgan fingerprint density at radius 2 is 1.48 bits per heavy atom. The molecule has 0 unspecified atom stereocenters. The Morgan fingerprint density at radius 3 is 1.94 bits per heavy atom. The van der Waals surface area contributed by atoms with Gasteiger partial charge in [-0.1, -0.05) is 0 Å². The summed E-state index contributed by atoms with van der Waals surface area (Å²) in [7, 11) is 0. The first-order chi connectivity index (χ1) is 14.0. The van der Waals surface area contributed by atoms with Crippen molar-refractivity contribution in [2.24, 2.45) is 0 Å². The van der Waals surface area contributed by atoms with Crippen molar-refractivity contribution in [2.75, 3.05) is 5.32 Å². The van der Waals surface area contributed by atoms with E-state index >= 15 is 0 Å². The summed E-state index contributed by atoms with van der Waals surface area (Å²) in [6, 6.07) is 1.88. The Balaban J connectivity index is 2.45. The van der Waals surface area contributed by atoms with Gasteiger partial charge in [-0.25, -0.2) is 8.78 Å². The number of anilines is 1. The Bertz CT molecular complexity index is 1030. The monoisotopic (exact) mass is 572 g/mol. The minimum atomic E-state index is -6.73. The van der Waals surface area contributed by atoms with E-state index in [0.717, 1.165) is 18.2 Å². The maximum absolute atomic E-state index is 14.1. The summed E-state index contributed by atoms with van der Waals surface area (Å²) in [5.74, 6) is -18.2. The molecule has 31 heavy (non-hydrogen) atoms. The van der Waals surface area contributed by atoms with E-state index in [9.17, 15) is 54.4 Å². The zero-order valence-corrected chi connectivity index (χ0v) is 16.5. The number of carbonyl (C=O) groups excluding carboxylic acids is 1. The van der Waals surface area contributed by atoms with Crippen molar-refractivity contribution in [3.8, 4) is 0 Å². The van der Waals surface area contributed by atoms with Crippen LogP contribution in [0.3, 0.4) is 0 Å². The quantitative estimate of drug-likeness (QED) is 0.206. The number of carbonyl (C=O) groups is 1. The predicted molar refractivity (Wildman–Crippen MR) is 95.0 cm³/mol. The Kier molecular flexibility index (Phi) is 6.49. The van der Waals surface area contributed by atoms with Crippen LogP contribution in [-0.4, -0.2) is 22.9 Å². The van der Waals surface area contributed by atoms with Crippen LogP contribution in [0.2, 0.25) is 0 Å².